The maximum atomic E-state index is 13.1. The lowest BCUT2D eigenvalue weighted by Gasteiger charge is -2.19. The van der Waals surface area contributed by atoms with Gasteiger partial charge in [0, 0.05) is 12.7 Å². The number of nitrogens with one attached hydrogen (secondary N) is 1. The minimum absolute atomic E-state index is 0.0628. The number of halogens is 1. The van der Waals surface area contributed by atoms with Crippen molar-refractivity contribution in [1.29, 1.82) is 0 Å². The molecular formula is C14H18FNO2. The monoisotopic (exact) mass is 251 g/mol. The van der Waals surface area contributed by atoms with E-state index >= 15 is 0 Å². The highest BCUT2D eigenvalue weighted by Crippen LogP contribution is 2.22. The quantitative estimate of drug-likeness (QED) is 0.896. The maximum absolute atomic E-state index is 13.1. The molecule has 2 atom stereocenters. The Balaban J connectivity index is 2.05. The van der Waals surface area contributed by atoms with Gasteiger partial charge in [-0.3, -0.25) is 4.79 Å². The normalized spacial score (nSPS) is 23.1. The van der Waals surface area contributed by atoms with Crippen molar-refractivity contribution in [3.8, 4) is 0 Å². The number of aryl methyl sites for hydroxylation is 1. The van der Waals surface area contributed by atoms with E-state index in [2.05, 4.69) is 5.32 Å². The van der Waals surface area contributed by atoms with E-state index in [4.69, 9.17) is 4.74 Å². The molecule has 0 heterocycles. The lowest BCUT2D eigenvalue weighted by atomic mass is 10.1. The van der Waals surface area contributed by atoms with Gasteiger partial charge >= 0.3 is 0 Å². The molecule has 2 rings (SSSR count). The van der Waals surface area contributed by atoms with E-state index in [1.165, 1.54) is 12.1 Å². The SMILES string of the molecule is COC1CCCC1NC(=O)c1ccc(F)c(C)c1. The fourth-order valence-corrected chi connectivity index (χ4v) is 2.41. The molecule has 0 bridgehead atoms. The van der Waals surface area contributed by atoms with Gasteiger partial charge < -0.3 is 10.1 Å². The van der Waals surface area contributed by atoms with Gasteiger partial charge in [0.2, 0.25) is 0 Å². The minimum Gasteiger partial charge on any atom is -0.379 e. The van der Waals surface area contributed by atoms with Crippen LogP contribution in [-0.4, -0.2) is 25.2 Å². The summed E-state index contributed by atoms with van der Waals surface area (Å²) in [6.45, 7) is 1.65. The summed E-state index contributed by atoms with van der Waals surface area (Å²) >= 11 is 0. The van der Waals surface area contributed by atoms with Crippen molar-refractivity contribution in [3.05, 3.63) is 35.1 Å². The number of methoxy groups -OCH3 is 1. The van der Waals surface area contributed by atoms with Crippen LogP contribution in [0.4, 0.5) is 4.39 Å². The molecule has 1 N–H and O–H groups in total. The zero-order chi connectivity index (χ0) is 13.1. The second-order valence-electron chi connectivity index (χ2n) is 4.75. The van der Waals surface area contributed by atoms with Crippen LogP contribution >= 0.6 is 0 Å². The molecule has 0 spiro atoms. The molecule has 1 aromatic carbocycles. The number of carbonyl (C=O) groups excluding carboxylic acids is 1. The van der Waals surface area contributed by atoms with Gasteiger partial charge in [-0.1, -0.05) is 0 Å². The average Bonchev–Trinajstić information content (AvgIpc) is 2.79. The van der Waals surface area contributed by atoms with Crippen molar-refractivity contribution in [2.45, 2.75) is 38.3 Å². The van der Waals surface area contributed by atoms with E-state index in [0.29, 0.717) is 11.1 Å². The summed E-state index contributed by atoms with van der Waals surface area (Å²) in [5.74, 6) is -0.450. The summed E-state index contributed by atoms with van der Waals surface area (Å²) in [5, 5.41) is 2.96. The van der Waals surface area contributed by atoms with Gasteiger partial charge in [-0.25, -0.2) is 4.39 Å². The van der Waals surface area contributed by atoms with Crippen molar-refractivity contribution in [3.63, 3.8) is 0 Å². The number of amides is 1. The molecule has 18 heavy (non-hydrogen) atoms. The van der Waals surface area contributed by atoms with E-state index in [9.17, 15) is 9.18 Å². The second-order valence-corrected chi connectivity index (χ2v) is 4.75. The first-order valence-corrected chi connectivity index (χ1v) is 6.21. The first-order chi connectivity index (χ1) is 8.61. The summed E-state index contributed by atoms with van der Waals surface area (Å²) in [5.41, 5.74) is 0.980. The Morgan fingerprint density at radius 3 is 2.89 bits per heavy atom. The van der Waals surface area contributed by atoms with Crippen molar-refractivity contribution in [1.82, 2.24) is 5.32 Å². The van der Waals surface area contributed by atoms with Crippen LogP contribution in [0.25, 0.3) is 0 Å². The molecule has 0 radical (unpaired) electrons. The van der Waals surface area contributed by atoms with Crippen molar-refractivity contribution in [2.24, 2.45) is 0 Å². The van der Waals surface area contributed by atoms with Crippen LogP contribution in [0.1, 0.15) is 35.2 Å². The smallest absolute Gasteiger partial charge is 0.251 e. The summed E-state index contributed by atoms with van der Waals surface area (Å²) in [6.07, 6.45) is 3.07. The molecule has 3 nitrogen and oxygen atoms in total. The third kappa shape index (κ3) is 2.70. The summed E-state index contributed by atoms with van der Waals surface area (Å²) < 4.78 is 18.5. The van der Waals surface area contributed by atoms with Crippen LogP contribution in [0.5, 0.6) is 0 Å². The van der Waals surface area contributed by atoms with Crippen LogP contribution in [-0.2, 0) is 4.74 Å². The van der Waals surface area contributed by atoms with Crippen LogP contribution < -0.4 is 5.32 Å². The highest BCUT2D eigenvalue weighted by atomic mass is 19.1. The number of ether oxygens (including phenoxy) is 1. The Bertz CT molecular complexity index is 447. The van der Waals surface area contributed by atoms with Gasteiger partial charge in [0.15, 0.2) is 0 Å². The molecule has 1 saturated carbocycles. The van der Waals surface area contributed by atoms with Crippen molar-refractivity contribution < 1.29 is 13.9 Å². The zero-order valence-corrected chi connectivity index (χ0v) is 10.7. The molecule has 1 amide bonds. The first-order valence-electron chi connectivity index (χ1n) is 6.21. The number of hydrogen-bond donors (Lipinski definition) is 1. The molecule has 0 aliphatic heterocycles. The predicted octanol–water partition coefficient (Wildman–Crippen LogP) is 2.43. The Hall–Kier alpha value is -1.42. The molecule has 2 unspecified atom stereocenters. The summed E-state index contributed by atoms with van der Waals surface area (Å²) in [4.78, 5) is 12.0. The van der Waals surface area contributed by atoms with Gasteiger partial charge in [-0.15, -0.1) is 0 Å². The van der Waals surface area contributed by atoms with Gasteiger partial charge in [-0.05, 0) is 49.9 Å². The zero-order valence-electron chi connectivity index (χ0n) is 10.7. The molecule has 1 aliphatic rings. The van der Waals surface area contributed by atoms with Crippen LogP contribution in [0.3, 0.4) is 0 Å². The molecule has 98 valence electrons. The Labute approximate surface area is 106 Å². The van der Waals surface area contributed by atoms with E-state index in [-0.39, 0.29) is 23.9 Å². The third-order valence-corrected chi connectivity index (χ3v) is 3.49. The molecule has 0 saturated heterocycles. The van der Waals surface area contributed by atoms with E-state index in [1.54, 1.807) is 20.1 Å². The van der Waals surface area contributed by atoms with E-state index < -0.39 is 0 Å². The fraction of sp³-hybridized carbons (Fsp3) is 0.500. The molecule has 1 aliphatic carbocycles. The number of benzene rings is 1. The molecule has 4 heteroatoms. The minimum atomic E-state index is -0.290. The fourth-order valence-electron chi connectivity index (χ4n) is 2.41. The van der Waals surface area contributed by atoms with Gasteiger partial charge in [0.1, 0.15) is 5.82 Å². The standard InChI is InChI=1S/C14H18FNO2/c1-9-8-10(6-7-11(9)15)14(17)16-12-4-3-5-13(12)18-2/h6-8,12-13H,3-5H2,1-2H3,(H,16,17). The molecule has 1 aromatic rings. The summed E-state index contributed by atoms with van der Waals surface area (Å²) in [6, 6.07) is 4.47. The van der Waals surface area contributed by atoms with Crippen LogP contribution in [0, 0.1) is 12.7 Å². The predicted molar refractivity (Wildman–Crippen MR) is 67.0 cm³/mol. The largest absolute Gasteiger partial charge is 0.379 e. The highest BCUT2D eigenvalue weighted by molar-refractivity contribution is 5.94. The first kappa shape index (κ1) is 13.0. The van der Waals surface area contributed by atoms with Crippen molar-refractivity contribution in [2.75, 3.05) is 7.11 Å². The Kier molecular flexibility index (Phi) is 3.97. The average molecular weight is 251 g/mol. The van der Waals surface area contributed by atoms with E-state index in [0.717, 1.165) is 19.3 Å². The van der Waals surface area contributed by atoms with Gasteiger partial charge in [0.25, 0.3) is 5.91 Å². The van der Waals surface area contributed by atoms with Gasteiger partial charge in [-0.2, -0.15) is 0 Å². The highest BCUT2D eigenvalue weighted by Gasteiger charge is 2.28. The molecular weight excluding hydrogens is 233 g/mol. The number of hydrogen-bond acceptors (Lipinski definition) is 2. The van der Waals surface area contributed by atoms with Crippen LogP contribution in [0.2, 0.25) is 0 Å². The Morgan fingerprint density at radius 2 is 2.22 bits per heavy atom. The lowest BCUT2D eigenvalue weighted by Crippen LogP contribution is -2.40. The number of rotatable bonds is 3. The van der Waals surface area contributed by atoms with Crippen LogP contribution in [0.15, 0.2) is 18.2 Å². The Morgan fingerprint density at radius 1 is 1.44 bits per heavy atom. The second kappa shape index (κ2) is 5.48. The molecule has 1 fully saturated rings. The maximum Gasteiger partial charge on any atom is 0.251 e. The third-order valence-electron chi connectivity index (χ3n) is 3.49. The topological polar surface area (TPSA) is 38.3 Å². The summed E-state index contributed by atoms with van der Waals surface area (Å²) in [7, 11) is 1.66. The molecule has 0 aromatic heterocycles. The van der Waals surface area contributed by atoms with Gasteiger partial charge in [0.05, 0.1) is 12.1 Å². The lowest BCUT2D eigenvalue weighted by molar-refractivity contribution is 0.0722. The van der Waals surface area contributed by atoms with Crippen molar-refractivity contribution >= 4 is 5.91 Å². The van der Waals surface area contributed by atoms with E-state index in [1.807, 2.05) is 0 Å². The number of carbonyl (C=O) groups is 1.